The third-order valence-electron chi connectivity index (χ3n) is 9.07. The minimum absolute atomic E-state index is 0.00169. The lowest BCUT2D eigenvalue weighted by molar-refractivity contribution is -0.173. The Morgan fingerprint density at radius 1 is 1.26 bits per heavy atom. The summed E-state index contributed by atoms with van der Waals surface area (Å²) in [6.45, 7) is 14.0. The average Bonchev–Trinajstić information content (AvgIpc) is 3.13. The van der Waals surface area contributed by atoms with E-state index in [1.54, 1.807) is 0 Å². The van der Waals surface area contributed by atoms with Crippen molar-refractivity contribution in [3.8, 4) is 0 Å². The lowest BCUT2D eigenvalue weighted by Gasteiger charge is -2.58. The fourth-order valence-electron chi connectivity index (χ4n) is 6.85. The lowest BCUT2D eigenvalue weighted by Crippen LogP contribution is -2.60. The molecule has 0 spiro atoms. The molecular weight excluding hydrogens is 430 g/mol. The molecule has 8 atom stereocenters. The largest absolute Gasteiger partial charge is 0.393 e. The SMILES string of the molecule is CC.CC(O/N=C1\C=CC2(C)C(=C1)CCC1C2C(O)CC2(O)C(C(=O)CO)CCC12)C(C)(C)C. The van der Waals surface area contributed by atoms with E-state index in [-0.39, 0.29) is 46.9 Å². The zero-order valence-electron chi connectivity index (χ0n) is 22.0. The van der Waals surface area contributed by atoms with Gasteiger partial charge in [-0.3, -0.25) is 4.79 Å². The number of hydrogen-bond donors (Lipinski definition) is 3. The second kappa shape index (κ2) is 9.87. The first-order valence-corrected chi connectivity index (χ1v) is 13.1. The van der Waals surface area contributed by atoms with E-state index >= 15 is 0 Å². The fraction of sp³-hybridized carbons (Fsp3) is 0.786. The van der Waals surface area contributed by atoms with Gasteiger partial charge < -0.3 is 20.2 Å². The molecule has 0 aliphatic heterocycles. The molecule has 0 heterocycles. The highest BCUT2D eigenvalue weighted by Crippen LogP contribution is 2.63. The Hall–Kier alpha value is -1.50. The van der Waals surface area contributed by atoms with Crippen LogP contribution in [0, 0.1) is 34.5 Å². The van der Waals surface area contributed by atoms with Crippen LogP contribution >= 0.6 is 0 Å². The number of aliphatic hydroxyl groups excluding tert-OH is 2. The number of rotatable bonds is 4. The lowest BCUT2D eigenvalue weighted by atomic mass is 9.49. The summed E-state index contributed by atoms with van der Waals surface area (Å²) in [7, 11) is 0. The third kappa shape index (κ3) is 4.54. The molecule has 3 fully saturated rings. The Morgan fingerprint density at radius 3 is 2.56 bits per heavy atom. The van der Waals surface area contributed by atoms with Gasteiger partial charge in [-0.1, -0.05) is 58.3 Å². The molecule has 4 aliphatic carbocycles. The molecule has 0 saturated heterocycles. The smallest absolute Gasteiger partial charge is 0.164 e. The topological polar surface area (TPSA) is 99.4 Å². The molecule has 192 valence electrons. The molecule has 0 bridgehead atoms. The Morgan fingerprint density at radius 2 is 1.94 bits per heavy atom. The van der Waals surface area contributed by atoms with Crippen LogP contribution in [0.1, 0.15) is 80.6 Å². The Balaban J connectivity index is 0.00000158. The molecule has 34 heavy (non-hydrogen) atoms. The van der Waals surface area contributed by atoms with Gasteiger partial charge in [0, 0.05) is 29.1 Å². The van der Waals surface area contributed by atoms with Crippen molar-refractivity contribution < 1.29 is 25.0 Å². The Kier molecular flexibility index (Phi) is 7.86. The van der Waals surface area contributed by atoms with E-state index in [0.717, 1.165) is 25.0 Å². The van der Waals surface area contributed by atoms with E-state index in [1.165, 1.54) is 5.57 Å². The first kappa shape index (κ1) is 27.1. The number of oxime groups is 1. The number of ketones is 1. The normalized spacial score (nSPS) is 40.8. The predicted octanol–water partition coefficient (Wildman–Crippen LogP) is 4.43. The van der Waals surface area contributed by atoms with Gasteiger partial charge in [0.1, 0.15) is 18.4 Å². The maximum Gasteiger partial charge on any atom is 0.164 e. The summed E-state index contributed by atoms with van der Waals surface area (Å²) in [4.78, 5) is 18.1. The monoisotopic (exact) mass is 475 g/mol. The van der Waals surface area contributed by atoms with Crippen LogP contribution in [0.15, 0.2) is 29.0 Å². The second-order valence-corrected chi connectivity index (χ2v) is 11.8. The molecular formula is C28H45NO5. The molecule has 0 amide bonds. The Labute approximate surface area is 205 Å². The van der Waals surface area contributed by atoms with Crippen molar-refractivity contribution in [2.45, 2.75) is 98.4 Å². The summed E-state index contributed by atoms with van der Waals surface area (Å²) in [6, 6.07) is 0. The summed E-state index contributed by atoms with van der Waals surface area (Å²) >= 11 is 0. The highest BCUT2D eigenvalue weighted by molar-refractivity contribution is 6.05. The molecule has 3 saturated carbocycles. The molecule has 6 heteroatoms. The standard InChI is InChI=1S/C26H39NO5.C2H6/c1-15(24(2,3)4)32-27-17-10-11-25(5)16(12-17)6-7-18-19-8-9-20(22(30)14-28)26(19,31)13-21(29)23(18)25;1-2/h10-12,15,18-21,23,28-29,31H,6-9,13-14H2,1-5H3;1-2H3/b27-17+;. The summed E-state index contributed by atoms with van der Waals surface area (Å²) in [6.07, 6.45) is 8.82. The molecule has 4 aliphatic rings. The van der Waals surface area contributed by atoms with Crippen LogP contribution in [0.3, 0.4) is 0 Å². The van der Waals surface area contributed by atoms with Gasteiger partial charge in [-0.2, -0.15) is 0 Å². The van der Waals surface area contributed by atoms with Crippen LogP contribution in [0.2, 0.25) is 0 Å². The van der Waals surface area contributed by atoms with Crippen LogP contribution in [0.5, 0.6) is 0 Å². The van der Waals surface area contributed by atoms with Gasteiger partial charge in [0.25, 0.3) is 0 Å². The van der Waals surface area contributed by atoms with E-state index in [2.05, 4.69) is 45.0 Å². The van der Waals surface area contributed by atoms with Gasteiger partial charge in [0.2, 0.25) is 0 Å². The summed E-state index contributed by atoms with van der Waals surface area (Å²) in [5.41, 5.74) is 0.528. The van der Waals surface area contributed by atoms with Gasteiger partial charge in [-0.15, -0.1) is 0 Å². The van der Waals surface area contributed by atoms with Gasteiger partial charge in [-0.25, -0.2) is 0 Å². The molecule has 3 N–H and O–H groups in total. The highest BCUT2D eigenvalue weighted by atomic mass is 16.6. The number of carbonyl (C=O) groups is 1. The first-order chi connectivity index (χ1) is 15.9. The summed E-state index contributed by atoms with van der Waals surface area (Å²) < 4.78 is 0. The van der Waals surface area contributed by atoms with E-state index < -0.39 is 24.2 Å². The number of fused-ring (bicyclic) bond motifs is 5. The van der Waals surface area contributed by atoms with Crippen LogP contribution in [-0.2, 0) is 9.63 Å². The van der Waals surface area contributed by atoms with Crippen LogP contribution in [0.4, 0.5) is 0 Å². The van der Waals surface area contributed by atoms with Crippen molar-refractivity contribution in [2.75, 3.05) is 6.61 Å². The van der Waals surface area contributed by atoms with Crippen molar-refractivity contribution in [2.24, 2.45) is 39.7 Å². The maximum absolute atomic E-state index is 12.3. The number of nitrogens with zero attached hydrogens (tertiary/aromatic N) is 1. The number of carbonyl (C=O) groups excluding carboxylic acids is 1. The van der Waals surface area contributed by atoms with E-state index in [9.17, 15) is 20.1 Å². The minimum atomic E-state index is -1.21. The number of allylic oxidation sites excluding steroid dienone is 4. The summed E-state index contributed by atoms with van der Waals surface area (Å²) in [5, 5.41) is 36.6. The van der Waals surface area contributed by atoms with Crippen molar-refractivity contribution in [3.05, 3.63) is 23.8 Å². The molecule has 0 aromatic rings. The van der Waals surface area contributed by atoms with Gasteiger partial charge in [0.15, 0.2) is 5.78 Å². The molecule has 0 aromatic carbocycles. The number of Topliss-reactive ketones (excluding diaryl/α,β-unsaturated/α-hetero) is 1. The van der Waals surface area contributed by atoms with Crippen LogP contribution < -0.4 is 0 Å². The third-order valence-corrected chi connectivity index (χ3v) is 9.07. The minimum Gasteiger partial charge on any atom is -0.393 e. The fourth-order valence-corrected chi connectivity index (χ4v) is 6.85. The average molecular weight is 476 g/mol. The maximum atomic E-state index is 12.3. The van der Waals surface area contributed by atoms with E-state index in [0.29, 0.717) is 6.42 Å². The highest BCUT2D eigenvalue weighted by Gasteiger charge is 2.63. The quantitative estimate of drug-likeness (QED) is 0.522. The Bertz CT molecular complexity index is 855. The van der Waals surface area contributed by atoms with Gasteiger partial charge in [0.05, 0.1) is 11.7 Å². The van der Waals surface area contributed by atoms with Crippen molar-refractivity contribution in [1.29, 1.82) is 0 Å². The van der Waals surface area contributed by atoms with Crippen molar-refractivity contribution >= 4 is 11.5 Å². The molecule has 0 radical (unpaired) electrons. The van der Waals surface area contributed by atoms with Crippen molar-refractivity contribution in [1.82, 2.24) is 0 Å². The zero-order chi connectivity index (χ0) is 25.5. The predicted molar refractivity (Wildman–Crippen MR) is 134 cm³/mol. The molecule has 8 unspecified atom stereocenters. The van der Waals surface area contributed by atoms with Crippen LogP contribution in [-0.4, -0.2) is 51.2 Å². The molecule has 6 nitrogen and oxygen atoms in total. The van der Waals surface area contributed by atoms with E-state index in [4.69, 9.17) is 4.84 Å². The number of hydrogen-bond acceptors (Lipinski definition) is 6. The second-order valence-electron chi connectivity index (χ2n) is 11.8. The van der Waals surface area contributed by atoms with Gasteiger partial charge >= 0.3 is 0 Å². The number of aliphatic hydroxyl groups is 3. The van der Waals surface area contributed by atoms with Crippen molar-refractivity contribution in [3.63, 3.8) is 0 Å². The zero-order valence-corrected chi connectivity index (χ0v) is 22.0. The van der Waals surface area contributed by atoms with Crippen LogP contribution in [0.25, 0.3) is 0 Å². The summed E-state index contributed by atoms with van der Waals surface area (Å²) in [5.74, 6) is -0.758. The molecule has 0 aromatic heterocycles. The first-order valence-electron chi connectivity index (χ1n) is 13.1. The molecule has 4 rings (SSSR count). The van der Waals surface area contributed by atoms with Gasteiger partial charge in [-0.05, 0) is 56.6 Å². The van der Waals surface area contributed by atoms with E-state index in [1.807, 2.05) is 26.8 Å².